The number of benzene rings is 1. The predicted octanol–water partition coefficient (Wildman–Crippen LogP) is 2.48. The second-order valence-corrected chi connectivity index (χ2v) is 7.75. The standard InChI is InChI=1S/C17H22N4O2S/c1-3-16-20-15-12-18-14-9-5-4-8-13(14)17(15)21(16)11-7-6-10-19-24(2,22)23/h4-5,8-9,12,19H,3,6-7,10-11H2,1-2H3. The number of fused-ring (bicyclic) bond motifs is 3. The number of unbranched alkanes of at least 4 members (excludes halogenated alkanes) is 1. The van der Waals surface area contributed by atoms with Crippen molar-refractivity contribution in [3.8, 4) is 0 Å². The molecule has 2 heterocycles. The van der Waals surface area contributed by atoms with Gasteiger partial charge in [-0.2, -0.15) is 0 Å². The maximum Gasteiger partial charge on any atom is 0.208 e. The van der Waals surface area contributed by atoms with E-state index in [-0.39, 0.29) is 0 Å². The van der Waals surface area contributed by atoms with Crippen molar-refractivity contribution in [1.29, 1.82) is 0 Å². The van der Waals surface area contributed by atoms with Gasteiger partial charge in [-0.25, -0.2) is 18.1 Å². The van der Waals surface area contributed by atoms with Gasteiger partial charge in [0.1, 0.15) is 11.3 Å². The Morgan fingerprint density at radius 3 is 2.71 bits per heavy atom. The second-order valence-electron chi connectivity index (χ2n) is 5.92. The number of nitrogens with zero attached hydrogens (tertiary/aromatic N) is 3. The molecule has 7 heteroatoms. The summed E-state index contributed by atoms with van der Waals surface area (Å²) < 4.78 is 27.0. The Balaban J connectivity index is 1.87. The molecule has 128 valence electrons. The summed E-state index contributed by atoms with van der Waals surface area (Å²) >= 11 is 0. The average molecular weight is 346 g/mol. The Labute approximate surface area is 142 Å². The average Bonchev–Trinajstić information content (AvgIpc) is 2.92. The molecule has 0 atom stereocenters. The third-order valence-corrected chi connectivity index (χ3v) is 4.78. The van der Waals surface area contributed by atoms with E-state index in [2.05, 4.69) is 27.3 Å². The molecule has 0 saturated carbocycles. The molecule has 3 rings (SSSR count). The van der Waals surface area contributed by atoms with Crippen LogP contribution in [-0.2, 0) is 23.0 Å². The first-order valence-electron chi connectivity index (χ1n) is 8.17. The van der Waals surface area contributed by atoms with Crippen molar-refractivity contribution in [2.24, 2.45) is 0 Å². The number of sulfonamides is 1. The SMILES string of the molecule is CCc1nc2cnc3ccccc3c2n1CCCCNS(C)(=O)=O. The molecule has 1 aromatic carbocycles. The summed E-state index contributed by atoms with van der Waals surface area (Å²) in [5, 5.41) is 1.11. The number of hydrogen-bond donors (Lipinski definition) is 1. The highest BCUT2D eigenvalue weighted by molar-refractivity contribution is 7.88. The number of para-hydroxylation sites is 1. The lowest BCUT2D eigenvalue weighted by Gasteiger charge is -2.10. The summed E-state index contributed by atoms with van der Waals surface area (Å²) in [6.07, 6.45) is 5.55. The molecule has 0 aliphatic carbocycles. The van der Waals surface area contributed by atoms with Gasteiger partial charge in [-0.05, 0) is 18.9 Å². The van der Waals surface area contributed by atoms with Crippen LogP contribution in [0.3, 0.4) is 0 Å². The minimum Gasteiger partial charge on any atom is -0.327 e. The number of pyridine rings is 1. The summed E-state index contributed by atoms with van der Waals surface area (Å²) in [6.45, 7) is 3.38. The smallest absolute Gasteiger partial charge is 0.208 e. The largest absolute Gasteiger partial charge is 0.327 e. The van der Waals surface area contributed by atoms with Crippen LogP contribution in [0.25, 0.3) is 21.9 Å². The summed E-state index contributed by atoms with van der Waals surface area (Å²) in [5.74, 6) is 1.04. The van der Waals surface area contributed by atoms with E-state index in [4.69, 9.17) is 4.98 Å². The fraction of sp³-hybridized carbons (Fsp3) is 0.412. The van der Waals surface area contributed by atoms with E-state index in [9.17, 15) is 8.42 Å². The van der Waals surface area contributed by atoms with Crippen LogP contribution in [0, 0.1) is 0 Å². The van der Waals surface area contributed by atoms with E-state index in [1.807, 2.05) is 24.4 Å². The van der Waals surface area contributed by atoms with Gasteiger partial charge in [0.15, 0.2) is 0 Å². The van der Waals surface area contributed by atoms with Crippen molar-refractivity contribution < 1.29 is 8.42 Å². The maximum atomic E-state index is 11.1. The van der Waals surface area contributed by atoms with Gasteiger partial charge < -0.3 is 4.57 Å². The van der Waals surface area contributed by atoms with E-state index in [1.54, 1.807) is 0 Å². The zero-order valence-electron chi connectivity index (χ0n) is 14.0. The predicted molar refractivity (Wildman–Crippen MR) is 96.5 cm³/mol. The van der Waals surface area contributed by atoms with Gasteiger partial charge in [0.25, 0.3) is 0 Å². The minimum absolute atomic E-state index is 0.467. The van der Waals surface area contributed by atoms with Crippen LogP contribution < -0.4 is 4.72 Å². The first-order valence-corrected chi connectivity index (χ1v) is 10.1. The number of aryl methyl sites for hydroxylation is 2. The topological polar surface area (TPSA) is 76.9 Å². The van der Waals surface area contributed by atoms with Gasteiger partial charge in [-0.15, -0.1) is 0 Å². The lowest BCUT2D eigenvalue weighted by atomic mass is 10.2. The third-order valence-electron chi connectivity index (χ3n) is 4.05. The Kier molecular flexibility index (Phi) is 4.82. The van der Waals surface area contributed by atoms with Crippen molar-refractivity contribution in [3.63, 3.8) is 0 Å². The zero-order chi connectivity index (χ0) is 17.2. The molecule has 2 aromatic heterocycles. The monoisotopic (exact) mass is 346 g/mol. The third kappa shape index (κ3) is 3.57. The van der Waals surface area contributed by atoms with Gasteiger partial charge >= 0.3 is 0 Å². The first kappa shape index (κ1) is 16.9. The Morgan fingerprint density at radius 2 is 1.96 bits per heavy atom. The van der Waals surface area contributed by atoms with E-state index < -0.39 is 10.0 Å². The van der Waals surface area contributed by atoms with Crippen molar-refractivity contribution >= 4 is 32.0 Å². The molecule has 0 amide bonds. The fourth-order valence-corrected chi connectivity index (χ4v) is 3.49. The van der Waals surface area contributed by atoms with Crippen LogP contribution in [-0.4, -0.2) is 35.8 Å². The number of hydrogen-bond acceptors (Lipinski definition) is 4. The molecular formula is C17H22N4O2S. The molecule has 0 fully saturated rings. The number of rotatable bonds is 7. The fourth-order valence-electron chi connectivity index (χ4n) is 2.97. The Hall–Kier alpha value is -1.99. The van der Waals surface area contributed by atoms with Gasteiger partial charge in [0.2, 0.25) is 10.0 Å². The highest BCUT2D eigenvalue weighted by atomic mass is 32.2. The van der Waals surface area contributed by atoms with E-state index in [1.165, 1.54) is 6.26 Å². The van der Waals surface area contributed by atoms with Gasteiger partial charge in [-0.3, -0.25) is 4.98 Å². The van der Waals surface area contributed by atoms with Crippen LogP contribution in [0.5, 0.6) is 0 Å². The molecule has 0 bridgehead atoms. The van der Waals surface area contributed by atoms with Crippen LogP contribution in [0.15, 0.2) is 30.5 Å². The lowest BCUT2D eigenvalue weighted by molar-refractivity contribution is 0.569. The van der Waals surface area contributed by atoms with Crippen LogP contribution in [0.1, 0.15) is 25.6 Å². The quantitative estimate of drug-likeness (QED) is 0.667. The van der Waals surface area contributed by atoms with Crippen LogP contribution in [0.2, 0.25) is 0 Å². The Morgan fingerprint density at radius 1 is 1.17 bits per heavy atom. The van der Waals surface area contributed by atoms with E-state index >= 15 is 0 Å². The van der Waals surface area contributed by atoms with Crippen molar-refractivity contribution in [2.45, 2.75) is 32.7 Å². The second kappa shape index (κ2) is 6.86. The molecule has 0 radical (unpaired) electrons. The molecule has 3 aromatic rings. The maximum absolute atomic E-state index is 11.1. The normalized spacial score (nSPS) is 12.2. The molecule has 6 nitrogen and oxygen atoms in total. The summed E-state index contributed by atoms with van der Waals surface area (Å²) in [7, 11) is -3.11. The van der Waals surface area contributed by atoms with Crippen molar-refractivity contribution in [2.75, 3.05) is 12.8 Å². The summed E-state index contributed by atoms with van der Waals surface area (Å²) in [5.41, 5.74) is 3.00. The number of nitrogens with one attached hydrogen (secondary N) is 1. The van der Waals surface area contributed by atoms with Crippen LogP contribution >= 0.6 is 0 Å². The molecule has 24 heavy (non-hydrogen) atoms. The highest BCUT2D eigenvalue weighted by Gasteiger charge is 2.12. The number of imidazole rings is 1. The zero-order valence-corrected chi connectivity index (χ0v) is 14.8. The summed E-state index contributed by atoms with van der Waals surface area (Å²) in [6, 6.07) is 8.09. The van der Waals surface area contributed by atoms with Gasteiger partial charge in [-0.1, -0.05) is 25.1 Å². The minimum atomic E-state index is -3.11. The first-order chi connectivity index (χ1) is 11.5. The molecule has 0 aliphatic rings. The molecular weight excluding hydrogens is 324 g/mol. The van der Waals surface area contributed by atoms with Gasteiger partial charge in [0.05, 0.1) is 23.5 Å². The molecule has 0 unspecified atom stereocenters. The molecule has 1 N–H and O–H groups in total. The Bertz CT molecular complexity index is 963. The summed E-state index contributed by atoms with van der Waals surface area (Å²) in [4.78, 5) is 9.19. The number of aromatic nitrogens is 3. The molecule has 0 saturated heterocycles. The van der Waals surface area contributed by atoms with Gasteiger partial charge in [0, 0.05) is 24.9 Å². The molecule has 0 spiro atoms. The van der Waals surface area contributed by atoms with Crippen molar-refractivity contribution in [1.82, 2.24) is 19.3 Å². The van der Waals surface area contributed by atoms with Crippen LogP contribution in [0.4, 0.5) is 0 Å². The molecule has 0 aliphatic heterocycles. The van der Waals surface area contributed by atoms with Crippen molar-refractivity contribution in [3.05, 3.63) is 36.3 Å². The van der Waals surface area contributed by atoms with E-state index in [0.29, 0.717) is 6.54 Å². The highest BCUT2D eigenvalue weighted by Crippen LogP contribution is 2.25. The lowest BCUT2D eigenvalue weighted by Crippen LogP contribution is -2.23. The van der Waals surface area contributed by atoms with E-state index in [0.717, 1.165) is 53.6 Å².